The van der Waals surface area contributed by atoms with E-state index in [0.717, 1.165) is 36.2 Å². The number of imidazole rings is 1. The number of nitrogens with one attached hydrogen (secondary N) is 1. The van der Waals surface area contributed by atoms with Crippen LogP contribution < -0.4 is 5.63 Å². The summed E-state index contributed by atoms with van der Waals surface area (Å²) in [5.41, 5.74) is 2.98. The molecule has 0 aromatic carbocycles. The summed E-state index contributed by atoms with van der Waals surface area (Å²) in [6.45, 7) is 2.31. The number of H-pyrrole nitrogens is 1. The van der Waals surface area contributed by atoms with Crippen molar-refractivity contribution in [2.24, 2.45) is 0 Å². The van der Waals surface area contributed by atoms with Crippen molar-refractivity contribution in [3.8, 4) is 0 Å². The Bertz CT molecular complexity index is 1110. The van der Waals surface area contributed by atoms with Gasteiger partial charge in [-0.2, -0.15) is 0 Å². The van der Waals surface area contributed by atoms with Crippen LogP contribution in [0, 0.1) is 6.92 Å². The highest BCUT2D eigenvalue weighted by atomic mass is 16.4. The molecule has 7 heteroatoms. The second-order valence-electron chi connectivity index (χ2n) is 7.82. The Morgan fingerprint density at radius 3 is 2.76 bits per heavy atom. The number of aromatic amines is 1. The quantitative estimate of drug-likeness (QED) is 0.742. The average molecular weight is 390 g/mol. The van der Waals surface area contributed by atoms with Gasteiger partial charge in [-0.05, 0) is 49.1 Å². The first-order valence-electron chi connectivity index (χ1n) is 10.0. The van der Waals surface area contributed by atoms with Crippen molar-refractivity contribution in [1.82, 2.24) is 19.9 Å². The summed E-state index contributed by atoms with van der Waals surface area (Å²) in [5, 5.41) is 0. The molecule has 0 spiro atoms. The highest BCUT2D eigenvalue weighted by Gasteiger charge is 2.36. The van der Waals surface area contributed by atoms with Gasteiger partial charge in [0.15, 0.2) is 0 Å². The largest absolute Gasteiger partial charge is 0.427 e. The number of fused-ring (bicyclic) bond motifs is 1. The van der Waals surface area contributed by atoms with Crippen molar-refractivity contribution < 1.29 is 9.21 Å². The van der Waals surface area contributed by atoms with E-state index >= 15 is 0 Å². The number of pyridine rings is 1. The van der Waals surface area contributed by atoms with Crippen molar-refractivity contribution in [2.45, 2.75) is 44.6 Å². The maximum Gasteiger partial charge on any atom is 0.349 e. The van der Waals surface area contributed by atoms with Crippen molar-refractivity contribution >= 4 is 5.91 Å². The first-order valence-corrected chi connectivity index (χ1v) is 10.0. The number of hydrogen-bond donors (Lipinski definition) is 1. The fraction of sp³-hybridized carbons (Fsp3) is 0.364. The molecule has 4 heterocycles. The minimum absolute atomic E-state index is 0.117. The lowest BCUT2D eigenvalue weighted by Gasteiger charge is -2.35. The molecule has 5 rings (SSSR count). The van der Waals surface area contributed by atoms with E-state index in [-0.39, 0.29) is 17.5 Å². The lowest BCUT2D eigenvalue weighted by Crippen LogP contribution is -2.42. The van der Waals surface area contributed by atoms with Crippen LogP contribution in [-0.2, 0) is 6.42 Å². The maximum atomic E-state index is 13.5. The van der Waals surface area contributed by atoms with Gasteiger partial charge >= 0.3 is 5.63 Å². The van der Waals surface area contributed by atoms with Gasteiger partial charge in [-0.3, -0.25) is 9.78 Å². The summed E-state index contributed by atoms with van der Waals surface area (Å²) in [4.78, 5) is 39.8. The van der Waals surface area contributed by atoms with Gasteiger partial charge in [-0.15, -0.1) is 0 Å². The molecule has 2 aliphatic rings. The molecule has 1 aliphatic carbocycles. The molecule has 148 valence electrons. The van der Waals surface area contributed by atoms with Crippen LogP contribution in [-0.4, -0.2) is 32.3 Å². The van der Waals surface area contributed by atoms with E-state index in [1.165, 1.54) is 0 Å². The van der Waals surface area contributed by atoms with Crippen molar-refractivity contribution in [2.75, 3.05) is 6.54 Å². The van der Waals surface area contributed by atoms with E-state index < -0.39 is 5.63 Å². The SMILES string of the molecule is Cc1cc(C2CCC2)oc(=O)c1C(=O)N1CCc2[nH]cnc2C1c1ccncc1. The van der Waals surface area contributed by atoms with Gasteiger partial charge in [-0.1, -0.05) is 6.42 Å². The topological polar surface area (TPSA) is 92.1 Å². The third-order valence-corrected chi connectivity index (χ3v) is 6.10. The Morgan fingerprint density at radius 2 is 2.07 bits per heavy atom. The van der Waals surface area contributed by atoms with E-state index in [2.05, 4.69) is 15.0 Å². The van der Waals surface area contributed by atoms with E-state index in [1.807, 2.05) is 25.1 Å². The minimum atomic E-state index is -0.543. The normalized spacial score (nSPS) is 18.9. The molecule has 3 aromatic rings. The van der Waals surface area contributed by atoms with Gasteiger partial charge in [0.1, 0.15) is 17.4 Å². The second-order valence-corrected chi connectivity index (χ2v) is 7.82. The molecular formula is C22H22N4O3. The fourth-order valence-corrected chi connectivity index (χ4v) is 4.31. The molecule has 1 saturated carbocycles. The molecule has 0 bridgehead atoms. The van der Waals surface area contributed by atoms with Crippen molar-refractivity contribution in [3.63, 3.8) is 0 Å². The number of amides is 1. The summed E-state index contributed by atoms with van der Waals surface area (Å²) < 4.78 is 5.57. The predicted octanol–water partition coefficient (Wildman–Crippen LogP) is 3.12. The smallest absolute Gasteiger partial charge is 0.349 e. The molecule has 1 aliphatic heterocycles. The highest BCUT2D eigenvalue weighted by Crippen LogP contribution is 2.37. The third kappa shape index (κ3) is 2.97. The van der Waals surface area contributed by atoms with E-state index in [4.69, 9.17) is 4.42 Å². The van der Waals surface area contributed by atoms with Gasteiger partial charge in [-0.25, -0.2) is 9.78 Å². The number of carbonyl (C=O) groups is 1. The lowest BCUT2D eigenvalue weighted by molar-refractivity contribution is 0.0684. The van der Waals surface area contributed by atoms with Crippen LogP contribution in [0.2, 0.25) is 0 Å². The number of aromatic nitrogens is 3. The lowest BCUT2D eigenvalue weighted by atomic mass is 9.83. The Hall–Kier alpha value is -3.22. The van der Waals surface area contributed by atoms with Crippen LogP contribution in [0.1, 0.15) is 69.9 Å². The summed E-state index contributed by atoms with van der Waals surface area (Å²) >= 11 is 0. The number of hydrogen-bond acceptors (Lipinski definition) is 5. The summed E-state index contributed by atoms with van der Waals surface area (Å²) in [6.07, 6.45) is 8.94. The van der Waals surface area contributed by atoms with Gasteiger partial charge in [0.25, 0.3) is 5.91 Å². The molecule has 3 aromatic heterocycles. The number of aryl methyl sites for hydroxylation is 1. The summed E-state index contributed by atoms with van der Waals surface area (Å²) in [6, 6.07) is 5.25. The van der Waals surface area contributed by atoms with E-state index in [1.54, 1.807) is 23.6 Å². The monoisotopic (exact) mass is 390 g/mol. The van der Waals surface area contributed by atoms with Crippen LogP contribution in [0.4, 0.5) is 0 Å². The van der Waals surface area contributed by atoms with E-state index in [0.29, 0.717) is 30.2 Å². The summed E-state index contributed by atoms with van der Waals surface area (Å²) in [5.74, 6) is 0.692. The molecule has 1 atom stereocenters. The zero-order chi connectivity index (χ0) is 20.0. The van der Waals surface area contributed by atoms with Crippen LogP contribution >= 0.6 is 0 Å². The molecule has 0 saturated heterocycles. The zero-order valence-corrected chi connectivity index (χ0v) is 16.2. The average Bonchev–Trinajstić information content (AvgIpc) is 3.14. The first kappa shape index (κ1) is 17.8. The first-order chi connectivity index (χ1) is 14.1. The number of nitrogens with zero attached hydrogens (tertiary/aromatic N) is 3. The Kier molecular flexibility index (Phi) is 4.30. The predicted molar refractivity (Wildman–Crippen MR) is 106 cm³/mol. The summed E-state index contributed by atoms with van der Waals surface area (Å²) in [7, 11) is 0. The highest BCUT2D eigenvalue weighted by molar-refractivity contribution is 5.95. The fourth-order valence-electron chi connectivity index (χ4n) is 4.31. The molecule has 1 amide bonds. The molecule has 0 radical (unpaired) electrons. The van der Waals surface area contributed by atoms with Crippen molar-refractivity contribution in [3.05, 3.63) is 81.2 Å². The molecule has 29 heavy (non-hydrogen) atoms. The maximum absolute atomic E-state index is 13.5. The molecule has 1 unspecified atom stereocenters. The second kappa shape index (κ2) is 6.99. The van der Waals surface area contributed by atoms with Crippen LogP contribution in [0.25, 0.3) is 0 Å². The molecule has 1 N–H and O–H groups in total. The molecular weight excluding hydrogens is 368 g/mol. The van der Waals surface area contributed by atoms with Crippen LogP contribution in [0.3, 0.4) is 0 Å². The van der Waals surface area contributed by atoms with Gasteiger partial charge in [0.2, 0.25) is 0 Å². The Morgan fingerprint density at radius 1 is 1.28 bits per heavy atom. The standard InChI is InChI=1S/C22H22N4O3/c1-13-11-17(14-3-2-4-14)29-22(28)18(13)21(27)26-10-7-16-19(25-12-24-16)20(26)15-5-8-23-9-6-15/h5-6,8-9,11-12,14,20H,2-4,7,10H2,1H3,(H,24,25). The van der Waals surface area contributed by atoms with Crippen LogP contribution in [0.15, 0.2) is 46.1 Å². The number of carbonyl (C=O) groups excluding carboxylic acids is 1. The van der Waals surface area contributed by atoms with Gasteiger partial charge in [0, 0.05) is 37.0 Å². The van der Waals surface area contributed by atoms with E-state index in [9.17, 15) is 9.59 Å². The minimum Gasteiger partial charge on any atom is -0.427 e. The van der Waals surface area contributed by atoms with Gasteiger partial charge in [0.05, 0.1) is 12.0 Å². The zero-order valence-electron chi connectivity index (χ0n) is 16.2. The van der Waals surface area contributed by atoms with Crippen molar-refractivity contribution in [1.29, 1.82) is 0 Å². The molecule has 7 nitrogen and oxygen atoms in total. The van der Waals surface area contributed by atoms with Gasteiger partial charge < -0.3 is 14.3 Å². The number of rotatable bonds is 3. The Labute approximate surface area is 167 Å². The molecule has 1 fully saturated rings. The Balaban J connectivity index is 1.56. The third-order valence-electron chi connectivity index (χ3n) is 6.10. The van der Waals surface area contributed by atoms with Crippen LogP contribution in [0.5, 0.6) is 0 Å².